The van der Waals surface area contributed by atoms with E-state index in [1.165, 1.54) is 17.0 Å². The van der Waals surface area contributed by atoms with Gasteiger partial charge in [-0.1, -0.05) is 23.2 Å². The minimum Gasteiger partial charge on any atom is -0.464 e. The van der Waals surface area contributed by atoms with Gasteiger partial charge in [0.25, 0.3) is 5.91 Å². The Hall–Kier alpha value is -1.65. The van der Waals surface area contributed by atoms with Crippen molar-refractivity contribution < 1.29 is 9.21 Å². The van der Waals surface area contributed by atoms with E-state index in [2.05, 4.69) is 0 Å². The molecule has 0 unspecified atom stereocenters. The Balaban J connectivity index is 2.18. The highest BCUT2D eigenvalue weighted by atomic mass is 35.5. The van der Waals surface area contributed by atoms with Crippen molar-refractivity contribution in [3.05, 3.63) is 51.4 Å². The van der Waals surface area contributed by atoms with Crippen molar-refractivity contribution in [3.63, 3.8) is 0 Å². The molecule has 20 heavy (non-hydrogen) atoms. The number of furan rings is 1. The summed E-state index contributed by atoms with van der Waals surface area (Å²) in [5, 5.41) is 0.534. The van der Waals surface area contributed by atoms with Gasteiger partial charge in [-0.2, -0.15) is 0 Å². The van der Waals surface area contributed by atoms with E-state index in [9.17, 15) is 4.79 Å². The van der Waals surface area contributed by atoms with Crippen molar-refractivity contribution in [2.75, 3.05) is 12.8 Å². The molecule has 2 rings (SSSR count). The predicted octanol–water partition coefficient (Wildman–Crippen LogP) is 3.75. The molecule has 106 valence electrons. The van der Waals surface area contributed by atoms with Gasteiger partial charge in [-0.25, -0.2) is 0 Å². The van der Waals surface area contributed by atoms with Gasteiger partial charge >= 0.3 is 0 Å². The SMILES string of the molecule is Cc1ccc(CN(C)C(=O)c2cc(Cl)c(N)c(Cl)c2)o1. The minimum absolute atomic E-state index is 0.206. The summed E-state index contributed by atoms with van der Waals surface area (Å²) in [6, 6.07) is 6.70. The maximum atomic E-state index is 12.3. The molecule has 0 saturated heterocycles. The first-order valence-electron chi connectivity index (χ1n) is 5.93. The number of nitrogens with zero attached hydrogens (tertiary/aromatic N) is 1. The molecule has 0 aliphatic carbocycles. The van der Waals surface area contributed by atoms with Gasteiger partial charge in [-0.05, 0) is 31.2 Å². The minimum atomic E-state index is -0.206. The van der Waals surface area contributed by atoms with E-state index in [0.717, 1.165) is 5.76 Å². The number of anilines is 1. The third kappa shape index (κ3) is 3.08. The van der Waals surface area contributed by atoms with E-state index >= 15 is 0 Å². The molecule has 0 atom stereocenters. The third-order valence-electron chi connectivity index (χ3n) is 2.86. The van der Waals surface area contributed by atoms with Crippen LogP contribution in [0.4, 0.5) is 5.69 Å². The molecule has 0 radical (unpaired) electrons. The number of carbonyl (C=O) groups excluding carboxylic acids is 1. The van der Waals surface area contributed by atoms with Crippen LogP contribution in [0.25, 0.3) is 0 Å². The molecule has 0 spiro atoms. The van der Waals surface area contributed by atoms with Gasteiger partial charge in [-0.3, -0.25) is 4.79 Å². The zero-order chi connectivity index (χ0) is 14.9. The first kappa shape index (κ1) is 14.8. The van der Waals surface area contributed by atoms with Crippen molar-refractivity contribution in [1.29, 1.82) is 0 Å². The Morgan fingerprint density at radius 2 is 1.90 bits per heavy atom. The van der Waals surface area contributed by atoms with Crippen LogP contribution in [0.15, 0.2) is 28.7 Å². The Labute approximate surface area is 127 Å². The number of aryl methyl sites for hydroxylation is 1. The summed E-state index contributed by atoms with van der Waals surface area (Å²) in [6.07, 6.45) is 0. The fourth-order valence-corrected chi connectivity index (χ4v) is 2.29. The summed E-state index contributed by atoms with van der Waals surface area (Å²) in [7, 11) is 1.68. The van der Waals surface area contributed by atoms with Crippen molar-refractivity contribution in [2.24, 2.45) is 0 Å². The van der Waals surface area contributed by atoms with Gasteiger partial charge < -0.3 is 15.1 Å². The molecule has 1 aromatic carbocycles. The Bertz CT molecular complexity index is 629. The molecule has 4 nitrogen and oxygen atoms in total. The summed E-state index contributed by atoms with van der Waals surface area (Å²) in [4.78, 5) is 13.8. The largest absolute Gasteiger partial charge is 0.464 e. The maximum absolute atomic E-state index is 12.3. The number of carbonyl (C=O) groups is 1. The lowest BCUT2D eigenvalue weighted by atomic mass is 10.2. The molecular formula is C14H14Cl2N2O2. The average Bonchev–Trinajstić information content (AvgIpc) is 2.79. The monoisotopic (exact) mass is 312 g/mol. The number of amides is 1. The van der Waals surface area contributed by atoms with Gasteiger partial charge in [0.1, 0.15) is 11.5 Å². The summed E-state index contributed by atoms with van der Waals surface area (Å²) in [6.45, 7) is 2.22. The summed E-state index contributed by atoms with van der Waals surface area (Å²) >= 11 is 11.9. The molecule has 6 heteroatoms. The number of rotatable bonds is 3. The number of halogens is 2. The van der Waals surface area contributed by atoms with Crippen LogP contribution in [0.1, 0.15) is 21.9 Å². The fraction of sp³-hybridized carbons (Fsp3) is 0.214. The molecule has 1 aromatic heterocycles. The van der Waals surface area contributed by atoms with E-state index in [0.29, 0.717) is 17.9 Å². The van der Waals surface area contributed by atoms with Crippen LogP contribution in [0.5, 0.6) is 0 Å². The highest BCUT2D eigenvalue weighted by Crippen LogP contribution is 2.29. The van der Waals surface area contributed by atoms with Crippen molar-refractivity contribution in [3.8, 4) is 0 Å². The van der Waals surface area contributed by atoms with Gasteiger partial charge in [0, 0.05) is 12.6 Å². The van der Waals surface area contributed by atoms with Crippen LogP contribution in [0.3, 0.4) is 0 Å². The lowest BCUT2D eigenvalue weighted by Gasteiger charge is -2.16. The van der Waals surface area contributed by atoms with E-state index < -0.39 is 0 Å². The second-order valence-electron chi connectivity index (χ2n) is 4.53. The smallest absolute Gasteiger partial charge is 0.254 e. The predicted molar refractivity (Wildman–Crippen MR) is 80.1 cm³/mol. The third-order valence-corrected chi connectivity index (χ3v) is 3.49. The summed E-state index contributed by atoms with van der Waals surface area (Å²) in [5.41, 5.74) is 6.31. The maximum Gasteiger partial charge on any atom is 0.254 e. The topological polar surface area (TPSA) is 59.5 Å². The van der Waals surface area contributed by atoms with Crippen LogP contribution in [0.2, 0.25) is 10.0 Å². The molecule has 2 N–H and O–H groups in total. The Kier molecular flexibility index (Phi) is 4.26. The van der Waals surface area contributed by atoms with Crippen LogP contribution in [-0.2, 0) is 6.54 Å². The molecule has 1 heterocycles. The number of hydrogen-bond donors (Lipinski definition) is 1. The van der Waals surface area contributed by atoms with Gasteiger partial charge in [-0.15, -0.1) is 0 Å². The lowest BCUT2D eigenvalue weighted by Crippen LogP contribution is -2.26. The van der Waals surface area contributed by atoms with Crippen LogP contribution < -0.4 is 5.73 Å². The van der Waals surface area contributed by atoms with E-state index in [1.54, 1.807) is 7.05 Å². The van der Waals surface area contributed by atoms with E-state index in [1.807, 2.05) is 19.1 Å². The number of nitrogens with two attached hydrogens (primary N) is 1. The Morgan fingerprint density at radius 3 is 2.40 bits per heavy atom. The summed E-state index contributed by atoms with van der Waals surface area (Å²) in [5.74, 6) is 1.31. The van der Waals surface area contributed by atoms with E-state index in [4.69, 9.17) is 33.4 Å². The number of hydrogen-bond acceptors (Lipinski definition) is 3. The summed E-state index contributed by atoms with van der Waals surface area (Å²) < 4.78 is 5.44. The number of nitrogen functional groups attached to an aromatic ring is 1. The molecule has 0 saturated carbocycles. The van der Waals surface area contributed by atoms with Crippen molar-refractivity contribution in [1.82, 2.24) is 4.90 Å². The zero-order valence-electron chi connectivity index (χ0n) is 11.1. The number of benzene rings is 1. The quantitative estimate of drug-likeness (QED) is 0.878. The molecular weight excluding hydrogens is 299 g/mol. The zero-order valence-corrected chi connectivity index (χ0v) is 12.6. The Morgan fingerprint density at radius 1 is 1.30 bits per heavy atom. The van der Waals surface area contributed by atoms with Crippen molar-refractivity contribution in [2.45, 2.75) is 13.5 Å². The van der Waals surface area contributed by atoms with Crippen molar-refractivity contribution >= 4 is 34.8 Å². The van der Waals surface area contributed by atoms with Gasteiger partial charge in [0.05, 0.1) is 22.3 Å². The van der Waals surface area contributed by atoms with Gasteiger partial charge in [0.15, 0.2) is 0 Å². The molecule has 0 fully saturated rings. The fourth-order valence-electron chi connectivity index (χ4n) is 1.80. The molecule has 0 bridgehead atoms. The standard InChI is InChI=1S/C14H14Cl2N2O2/c1-8-3-4-10(20-8)7-18(2)14(19)9-5-11(15)13(17)12(16)6-9/h3-6H,7,17H2,1-2H3. The highest BCUT2D eigenvalue weighted by Gasteiger charge is 2.16. The first-order valence-corrected chi connectivity index (χ1v) is 6.69. The first-order chi connectivity index (χ1) is 9.38. The molecule has 2 aromatic rings. The van der Waals surface area contributed by atoms with E-state index in [-0.39, 0.29) is 21.6 Å². The second kappa shape index (κ2) is 5.77. The lowest BCUT2D eigenvalue weighted by molar-refractivity contribution is 0.0775. The molecule has 0 aliphatic heterocycles. The second-order valence-corrected chi connectivity index (χ2v) is 5.34. The average molecular weight is 313 g/mol. The van der Waals surface area contributed by atoms with Gasteiger partial charge in [0.2, 0.25) is 0 Å². The van der Waals surface area contributed by atoms with Crippen LogP contribution in [-0.4, -0.2) is 17.9 Å². The van der Waals surface area contributed by atoms with Crippen LogP contribution >= 0.6 is 23.2 Å². The molecule has 0 aliphatic rings. The normalized spacial score (nSPS) is 10.6. The molecule has 1 amide bonds. The highest BCUT2D eigenvalue weighted by molar-refractivity contribution is 6.39. The van der Waals surface area contributed by atoms with Crippen LogP contribution in [0, 0.1) is 6.92 Å².